The minimum absolute atomic E-state index is 0.0413. The number of ether oxygens (including phenoxy) is 3. The largest absolute Gasteiger partial charge is 0.497 e. The lowest BCUT2D eigenvalue weighted by atomic mass is 9.82. The predicted molar refractivity (Wildman–Crippen MR) is 161 cm³/mol. The first-order chi connectivity index (χ1) is 21.0. The average molecular weight is 579 g/mol. The molecule has 2 aliphatic heterocycles. The zero-order valence-corrected chi connectivity index (χ0v) is 23.9. The molecule has 0 aliphatic carbocycles. The summed E-state index contributed by atoms with van der Waals surface area (Å²) in [5.41, 5.74) is 3.77. The second-order valence-electron chi connectivity index (χ2n) is 11.0. The molecule has 2 N–H and O–H groups in total. The molecule has 4 atom stereocenters. The second kappa shape index (κ2) is 12.6. The van der Waals surface area contributed by atoms with Crippen LogP contribution in [0.2, 0.25) is 0 Å². The summed E-state index contributed by atoms with van der Waals surface area (Å²) in [5.74, 6) is -0.336. The number of carboxylic acids is 1. The van der Waals surface area contributed by atoms with Gasteiger partial charge >= 0.3 is 5.97 Å². The van der Waals surface area contributed by atoms with E-state index in [0.717, 1.165) is 22.3 Å². The lowest BCUT2D eigenvalue weighted by Gasteiger charge is -2.28. The molecule has 0 radical (unpaired) electrons. The van der Waals surface area contributed by atoms with Crippen LogP contribution in [0.1, 0.15) is 40.3 Å². The van der Waals surface area contributed by atoms with E-state index in [1.165, 1.54) is 0 Å². The quantitative estimate of drug-likeness (QED) is 0.261. The first kappa shape index (κ1) is 28.3. The van der Waals surface area contributed by atoms with Gasteiger partial charge in [0.25, 0.3) is 0 Å². The number of carbonyl (C=O) groups excluding carboxylic acids is 1. The fourth-order valence-corrected chi connectivity index (χ4v) is 6.28. The highest BCUT2D eigenvalue weighted by Gasteiger charge is 2.48. The molecule has 43 heavy (non-hydrogen) atoms. The molecule has 6 rings (SSSR count). The Labute approximate surface area is 250 Å². The van der Waals surface area contributed by atoms with Gasteiger partial charge in [-0.3, -0.25) is 14.5 Å². The number of hydrogen-bond acceptors (Lipinski definition) is 6. The smallest absolute Gasteiger partial charge is 0.309 e. The van der Waals surface area contributed by atoms with Crippen molar-refractivity contribution in [1.29, 1.82) is 0 Å². The number of aliphatic carboxylic acids is 1. The van der Waals surface area contributed by atoms with Gasteiger partial charge in [-0.25, -0.2) is 0 Å². The van der Waals surface area contributed by atoms with Crippen molar-refractivity contribution in [3.8, 4) is 17.2 Å². The zero-order chi connectivity index (χ0) is 29.8. The van der Waals surface area contributed by atoms with Crippen molar-refractivity contribution in [3.63, 3.8) is 0 Å². The van der Waals surface area contributed by atoms with Crippen LogP contribution < -0.4 is 19.5 Å². The molecule has 4 aromatic rings. The first-order valence-corrected chi connectivity index (χ1v) is 14.4. The number of nitrogens with one attached hydrogen (secondary N) is 1. The van der Waals surface area contributed by atoms with E-state index >= 15 is 0 Å². The van der Waals surface area contributed by atoms with Gasteiger partial charge in [0.15, 0.2) is 11.5 Å². The van der Waals surface area contributed by atoms with Gasteiger partial charge in [0, 0.05) is 18.5 Å². The topological polar surface area (TPSA) is 97.3 Å². The Morgan fingerprint density at radius 2 is 1.58 bits per heavy atom. The second-order valence-corrected chi connectivity index (χ2v) is 11.0. The van der Waals surface area contributed by atoms with Crippen molar-refractivity contribution in [2.24, 2.45) is 5.92 Å². The van der Waals surface area contributed by atoms with Crippen molar-refractivity contribution in [1.82, 2.24) is 10.2 Å². The molecule has 0 aromatic heterocycles. The number of methoxy groups -OCH3 is 1. The van der Waals surface area contributed by atoms with Gasteiger partial charge in [-0.2, -0.15) is 0 Å². The van der Waals surface area contributed by atoms with Gasteiger partial charge in [-0.1, -0.05) is 78.9 Å². The summed E-state index contributed by atoms with van der Waals surface area (Å²) in [7, 11) is 1.59. The fourth-order valence-electron chi connectivity index (χ4n) is 6.28. The maximum absolute atomic E-state index is 13.8. The molecule has 0 spiro atoms. The molecule has 1 amide bonds. The number of amides is 1. The third-order valence-corrected chi connectivity index (χ3v) is 8.33. The highest BCUT2D eigenvalue weighted by Crippen LogP contribution is 2.47. The van der Waals surface area contributed by atoms with Gasteiger partial charge < -0.3 is 24.6 Å². The van der Waals surface area contributed by atoms with E-state index in [9.17, 15) is 14.7 Å². The monoisotopic (exact) mass is 578 g/mol. The Kier molecular flexibility index (Phi) is 8.29. The number of likely N-dealkylation sites (tertiary alicyclic amines) is 1. The van der Waals surface area contributed by atoms with E-state index in [2.05, 4.69) is 17.4 Å². The molecule has 2 aliphatic rings. The third-order valence-electron chi connectivity index (χ3n) is 8.33. The van der Waals surface area contributed by atoms with Crippen LogP contribution in [0.5, 0.6) is 17.2 Å². The minimum Gasteiger partial charge on any atom is -0.497 e. The molecule has 2 heterocycles. The van der Waals surface area contributed by atoms with Crippen molar-refractivity contribution in [2.45, 2.75) is 24.4 Å². The van der Waals surface area contributed by atoms with E-state index in [1.54, 1.807) is 7.11 Å². The summed E-state index contributed by atoms with van der Waals surface area (Å²) in [6.07, 6.45) is 0.635. The maximum Gasteiger partial charge on any atom is 0.309 e. The zero-order valence-electron chi connectivity index (χ0n) is 23.9. The molecule has 8 nitrogen and oxygen atoms in total. The van der Waals surface area contributed by atoms with Crippen molar-refractivity contribution >= 4 is 11.9 Å². The molecular formula is C35H34N2O6. The summed E-state index contributed by atoms with van der Waals surface area (Å²) >= 11 is 0. The number of carboxylic acid groups (broad SMARTS) is 1. The van der Waals surface area contributed by atoms with Crippen molar-refractivity contribution in [2.75, 3.05) is 27.0 Å². The van der Waals surface area contributed by atoms with Crippen LogP contribution in [0.3, 0.4) is 0 Å². The van der Waals surface area contributed by atoms with Crippen LogP contribution in [0.4, 0.5) is 0 Å². The summed E-state index contributed by atoms with van der Waals surface area (Å²) in [4.78, 5) is 28.7. The van der Waals surface area contributed by atoms with Crippen LogP contribution in [-0.4, -0.2) is 48.9 Å². The molecule has 0 saturated carbocycles. The lowest BCUT2D eigenvalue weighted by Crippen LogP contribution is -2.40. The first-order valence-electron chi connectivity index (χ1n) is 14.4. The average Bonchev–Trinajstić information content (AvgIpc) is 3.66. The van der Waals surface area contributed by atoms with Gasteiger partial charge in [0.1, 0.15) is 5.75 Å². The highest BCUT2D eigenvalue weighted by molar-refractivity contribution is 5.79. The number of carbonyl (C=O) groups is 2. The fraction of sp³-hybridized carbons (Fsp3) is 0.257. The predicted octanol–water partition coefficient (Wildman–Crippen LogP) is 5.37. The Morgan fingerprint density at radius 1 is 0.907 bits per heavy atom. The summed E-state index contributed by atoms with van der Waals surface area (Å²) in [5, 5.41) is 13.8. The number of rotatable bonds is 10. The van der Waals surface area contributed by atoms with Crippen LogP contribution in [0.15, 0.2) is 103 Å². The number of benzene rings is 4. The number of fused-ring (bicyclic) bond motifs is 1. The van der Waals surface area contributed by atoms with E-state index in [-0.39, 0.29) is 31.2 Å². The van der Waals surface area contributed by atoms with E-state index in [0.29, 0.717) is 30.2 Å². The molecule has 1 unspecified atom stereocenters. The normalized spacial score (nSPS) is 20.0. The van der Waals surface area contributed by atoms with E-state index in [4.69, 9.17) is 14.2 Å². The van der Waals surface area contributed by atoms with Gasteiger partial charge in [-0.05, 0) is 52.9 Å². The molecular weight excluding hydrogens is 544 g/mol. The minimum atomic E-state index is -0.919. The molecule has 8 heteroatoms. The molecule has 1 saturated heterocycles. The highest BCUT2D eigenvalue weighted by atomic mass is 16.7. The van der Waals surface area contributed by atoms with Gasteiger partial charge in [0.05, 0.1) is 25.6 Å². The Balaban J connectivity index is 1.30. The molecule has 0 bridgehead atoms. The molecule has 220 valence electrons. The van der Waals surface area contributed by atoms with Crippen molar-refractivity contribution in [3.05, 3.63) is 125 Å². The van der Waals surface area contributed by atoms with Crippen molar-refractivity contribution < 1.29 is 28.9 Å². The number of hydrogen-bond donors (Lipinski definition) is 2. The SMILES string of the molecule is COc1ccc([C@@H]2[C@@H](C(=O)O)[C@H](c3ccc4c(c3)OCO4)CN2CC(=O)NC(Cc2ccccc2)c2ccccc2)cc1. The lowest BCUT2D eigenvalue weighted by molar-refractivity contribution is -0.143. The van der Waals surface area contributed by atoms with E-state index in [1.807, 2.05) is 95.9 Å². The standard InChI is InChI=1S/C35H34N2O6/c1-41-27-15-12-25(13-16-27)34-33(35(39)40)28(26-14-17-30-31(19-26)43-22-42-30)20-37(34)21-32(38)36-29(24-10-6-3-7-11-24)18-23-8-4-2-5-9-23/h2-17,19,28-29,33-34H,18,20-22H2,1H3,(H,36,38)(H,39,40)/t28-,29?,33-,34+/m0/s1. The maximum atomic E-state index is 13.8. The van der Waals surface area contributed by atoms with Crippen LogP contribution in [0, 0.1) is 5.92 Å². The van der Waals surface area contributed by atoms with Crippen LogP contribution in [-0.2, 0) is 16.0 Å². The summed E-state index contributed by atoms with van der Waals surface area (Å²) < 4.78 is 16.4. The molecule has 4 aromatic carbocycles. The van der Waals surface area contributed by atoms with Crippen LogP contribution >= 0.6 is 0 Å². The Hall–Kier alpha value is -4.82. The summed E-state index contributed by atoms with van der Waals surface area (Å²) in [6, 6.07) is 32.2. The summed E-state index contributed by atoms with van der Waals surface area (Å²) in [6.45, 7) is 0.563. The third kappa shape index (κ3) is 6.20. The molecule has 1 fully saturated rings. The Bertz CT molecular complexity index is 1560. The van der Waals surface area contributed by atoms with Gasteiger partial charge in [-0.15, -0.1) is 0 Å². The number of nitrogens with zero attached hydrogens (tertiary/aromatic N) is 1. The van der Waals surface area contributed by atoms with E-state index < -0.39 is 17.9 Å². The van der Waals surface area contributed by atoms with Gasteiger partial charge in [0.2, 0.25) is 12.7 Å². The van der Waals surface area contributed by atoms with Crippen LogP contribution in [0.25, 0.3) is 0 Å². The Morgan fingerprint density at radius 3 is 2.28 bits per heavy atom.